The van der Waals surface area contributed by atoms with E-state index in [1.165, 1.54) is 12.4 Å². The third kappa shape index (κ3) is 4.07. The molecule has 1 N–H and O–H groups in total. The van der Waals surface area contributed by atoms with Gasteiger partial charge in [0, 0.05) is 6.07 Å². The number of aryl methyl sites for hydroxylation is 3. The molecule has 0 aliphatic heterocycles. The Morgan fingerprint density at radius 3 is 2.74 bits per heavy atom. The maximum Gasteiger partial charge on any atom is 0.311 e. The quantitative estimate of drug-likeness (QED) is 0.493. The lowest BCUT2D eigenvalue weighted by Gasteiger charge is -2.12. The number of hydrogen-bond acceptors (Lipinski definition) is 6. The van der Waals surface area contributed by atoms with E-state index in [-0.39, 0.29) is 18.0 Å². The van der Waals surface area contributed by atoms with Crippen LogP contribution in [0.1, 0.15) is 16.8 Å². The van der Waals surface area contributed by atoms with Gasteiger partial charge >= 0.3 is 5.69 Å². The molecule has 122 valence electrons. The van der Waals surface area contributed by atoms with Crippen LogP contribution in [0.2, 0.25) is 5.02 Å². The lowest BCUT2D eigenvalue weighted by Crippen LogP contribution is -2.14. The summed E-state index contributed by atoms with van der Waals surface area (Å²) in [5.41, 5.74) is 2.20. The third-order valence-electron chi connectivity index (χ3n) is 3.20. The van der Waals surface area contributed by atoms with Gasteiger partial charge in [-0.15, -0.1) is 0 Å². The number of nitro benzene ring substituents is 1. The monoisotopic (exact) mass is 336 g/mol. The van der Waals surface area contributed by atoms with Crippen molar-refractivity contribution in [1.82, 2.24) is 9.97 Å². The first-order valence-corrected chi connectivity index (χ1v) is 7.37. The van der Waals surface area contributed by atoms with E-state index in [0.29, 0.717) is 23.1 Å². The van der Waals surface area contributed by atoms with Crippen molar-refractivity contribution in [2.75, 3.05) is 18.5 Å². The minimum Gasteiger partial charge on any atom is -0.485 e. The van der Waals surface area contributed by atoms with Crippen molar-refractivity contribution in [3.63, 3.8) is 0 Å². The van der Waals surface area contributed by atoms with Crippen LogP contribution in [-0.2, 0) is 0 Å². The van der Waals surface area contributed by atoms with Crippen LogP contribution in [0.15, 0.2) is 18.5 Å². The summed E-state index contributed by atoms with van der Waals surface area (Å²) in [6, 6.07) is 3.35. The molecule has 0 atom stereocenters. The van der Waals surface area contributed by atoms with E-state index in [2.05, 4.69) is 15.3 Å². The fourth-order valence-electron chi connectivity index (χ4n) is 2.16. The highest BCUT2D eigenvalue weighted by atomic mass is 35.5. The molecule has 0 saturated heterocycles. The van der Waals surface area contributed by atoms with E-state index in [0.717, 1.165) is 11.1 Å². The maximum absolute atomic E-state index is 11.1. The third-order valence-corrected chi connectivity index (χ3v) is 3.65. The molecule has 0 amide bonds. The number of halogens is 1. The van der Waals surface area contributed by atoms with Crippen LogP contribution in [0.4, 0.5) is 11.5 Å². The number of nitrogens with one attached hydrogen (secondary N) is 1. The SMILES string of the molecule is Cc1cc(C)c(OCCNc2ncnc(C)c2Cl)c([N+](=O)[O-])c1. The first kappa shape index (κ1) is 17.0. The number of ether oxygens (including phenoxy) is 1. The van der Waals surface area contributed by atoms with Crippen LogP contribution < -0.4 is 10.1 Å². The number of hydrogen-bond donors (Lipinski definition) is 1. The molecule has 23 heavy (non-hydrogen) atoms. The minimum absolute atomic E-state index is 0.0292. The van der Waals surface area contributed by atoms with Gasteiger partial charge in [0.15, 0.2) is 5.75 Å². The molecule has 2 rings (SSSR count). The summed E-state index contributed by atoms with van der Waals surface area (Å²) >= 11 is 6.08. The Labute approximate surface area is 138 Å². The average Bonchev–Trinajstić information content (AvgIpc) is 2.48. The van der Waals surface area contributed by atoms with Crippen LogP contribution in [0, 0.1) is 30.9 Å². The average molecular weight is 337 g/mol. The predicted molar refractivity (Wildman–Crippen MR) is 88.3 cm³/mol. The summed E-state index contributed by atoms with van der Waals surface area (Å²) < 4.78 is 5.59. The minimum atomic E-state index is -0.437. The van der Waals surface area contributed by atoms with E-state index in [9.17, 15) is 10.1 Å². The summed E-state index contributed by atoms with van der Waals surface area (Å²) in [4.78, 5) is 18.7. The number of anilines is 1. The normalized spacial score (nSPS) is 10.4. The molecule has 0 radical (unpaired) electrons. The molecule has 7 nitrogen and oxygen atoms in total. The highest BCUT2D eigenvalue weighted by molar-refractivity contribution is 6.33. The van der Waals surface area contributed by atoms with Gasteiger partial charge in [0.05, 0.1) is 17.2 Å². The second-order valence-corrected chi connectivity index (χ2v) is 5.46. The van der Waals surface area contributed by atoms with Gasteiger partial charge < -0.3 is 10.1 Å². The Kier molecular flexibility index (Phi) is 5.33. The number of nitrogens with zero attached hydrogens (tertiary/aromatic N) is 3. The molecule has 8 heteroatoms. The van der Waals surface area contributed by atoms with Crippen molar-refractivity contribution in [3.05, 3.63) is 50.4 Å². The van der Waals surface area contributed by atoms with E-state index in [4.69, 9.17) is 16.3 Å². The fourth-order valence-corrected chi connectivity index (χ4v) is 2.32. The van der Waals surface area contributed by atoms with Crippen molar-refractivity contribution < 1.29 is 9.66 Å². The van der Waals surface area contributed by atoms with Gasteiger partial charge in [-0.1, -0.05) is 17.7 Å². The molecule has 0 fully saturated rings. The molecule has 0 unspecified atom stereocenters. The largest absolute Gasteiger partial charge is 0.485 e. The van der Waals surface area contributed by atoms with Gasteiger partial charge in [0.25, 0.3) is 0 Å². The van der Waals surface area contributed by atoms with Crippen molar-refractivity contribution in [1.29, 1.82) is 0 Å². The van der Waals surface area contributed by atoms with E-state index in [1.807, 2.05) is 13.0 Å². The summed E-state index contributed by atoms with van der Waals surface area (Å²) in [7, 11) is 0. The standard InChI is InChI=1S/C15H17ClN4O3/c1-9-6-10(2)14(12(7-9)20(21)22)23-5-4-17-15-13(16)11(3)18-8-19-15/h6-8H,4-5H2,1-3H3,(H,17,18,19). The molecular formula is C15H17ClN4O3. The molecule has 1 aromatic carbocycles. The Morgan fingerprint density at radius 1 is 1.30 bits per heavy atom. The highest BCUT2D eigenvalue weighted by Gasteiger charge is 2.18. The lowest BCUT2D eigenvalue weighted by atomic mass is 10.1. The van der Waals surface area contributed by atoms with Gasteiger partial charge in [-0.05, 0) is 31.9 Å². The predicted octanol–water partition coefficient (Wildman–Crippen LogP) is 3.45. The van der Waals surface area contributed by atoms with Crippen LogP contribution in [-0.4, -0.2) is 28.0 Å². The van der Waals surface area contributed by atoms with Crippen molar-refractivity contribution in [2.24, 2.45) is 0 Å². The van der Waals surface area contributed by atoms with Crippen molar-refractivity contribution >= 4 is 23.1 Å². The Bertz CT molecular complexity index is 737. The zero-order chi connectivity index (χ0) is 17.0. The highest BCUT2D eigenvalue weighted by Crippen LogP contribution is 2.32. The first-order valence-electron chi connectivity index (χ1n) is 6.99. The summed E-state index contributed by atoms with van der Waals surface area (Å²) in [6.45, 7) is 6.02. The van der Waals surface area contributed by atoms with Crippen LogP contribution in [0.3, 0.4) is 0 Å². The Balaban J connectivity index is 2.02. The van der Waals surface area contributed by atoms with Gasteiger partial charge in [-0.3, -0.25) is 10.1 Å². The molecule has 1 heterocycles. The van der Waals surface area contributed by atoms with Crippen molar-refractivity contribution in [3.8, 4) is 5.75 Å². The summed E-state index contributed by atoms with van der Waals surface area (Å²) in [5.74, 6) is 0.797. The number of benzene rings is 1. The second-order valence-electron chi connectivity index (χ2n) is 5.08. The molecule has 0 aliphatic rings. The molecule has 0 saturated carbocycles. The number of rotatable bonds is 6. The van der Waals surface area contributed by atoms with Crippen molar-refractivity contribution in [2.45, 2.75) is 20.8 Å². The zero-order valence-corrected chi connectivity index (χ0v) is 13.8. The zero-order valence-electron chi connectivity index (χ0n) is 13.1. The van der Waals surface area contributed by atoms with E-state index >= 15 is 0 Å². The molecule has 2 aromatic rings. The molecular weight excluding hydrogens is 320 g/mol. The summed E-state index contributed by atoms with van der Waals surface area (Å²) in [6.07, 6.45) is 1.42. The molecule has 0 spiro atoms. The Hall–Kier alpha value is -2.41. The number of nitro groups is 1. The van der Waals surface area contributed by atoms with E-state index < -0.39 is 4.92 Å². The van der Waals surface area contributed by atoms with Gasteiger partial charge in [0.1, 0.15) is 23.8 Å². The topological polar surface area (TPSA) is 90.2 Å². The van der Waals surface area contributed by atoms with Gasteiger partial charge in [0.2, 0.25) is 0 Å². The van der Waals surface area contributed by atoms with Gasteiger partial charge in [-0.25, -0.2) is 9.97 Å². The molecule has 0 aliphatic carbocycles. The van der Waals surface area contributed by atoms with Crippen LogP contribution in [0.25, 0.3) is 0 Å². The maximum atomic E-state index is 11.1. The fraction of sp³-hybridized carbons (Fsp3) is 0.333. The Morgan fingerprint density at radius 2 is 2.04 bits per heavy atom. The smallest absolute Gasteiger partial charge is 0.311 e. The second kappa shape index (κ2) is 7.23. The first-order chi connectivity index (χ1) is 10.9. The van der Waals surface area contributed by atoms with E-state index in [1.54, 1.807) is 13.8 Å². The number of aromatic nitrogens is 2. The van der Waals surface area contributed by atoms with Crippen LogP contribution in [0.5, 0.6) is 5.75 Å². The van der Waals surface area contributed by atoms with Crippen LogP contribution >= 0.6 is 11.6 Å². The molecule has 0 bridgehead atoms. The summed E-state index contributed by atoms with van der Waals surface area (Å²) in [5, 5.41) is 14.6. The molecule has 1 aromatic heterocycles. The van der Waals surface area contributed by atoms with Gasteiger partial charge in [-0.2, -0.15) is 0 Å². The lowest BCUT2D eigenvalue weighted by molar-refractivity contribution is -0.385.